The average molecular weight is 757 g/mol. The van der Waals surface area contributed by atoms with Crippen LogP contribution in [-0.4, -0.2) is 42.7 Å². The first-order valence-corrected chi connectivity index (χ1v) is 18.7. The van der Waals surface area contributed by atoms with Gasteiger partial charge in [-0.2, -0.15) is 0 Å². The zero-order chi connectivity index (χ0) is 39.3. The van der Waals surface area contributed by atoms with E-state index in [4.69, 9.17) is 23.7 Å². The number of ketones is 1. The van der Waals surface area contributed by atoms with Gasteiger partial charge in [0.1, 0.15) is 62.9 Å². The Morgan fingerprint density at radius 1 is 0.839 bits per heavy atom. The first-order valence-electron chi connectivity index (χ1n) is 18.7. The molecular weight excluding hydrogens is 716 g/mol. The normalized spacial score (nSPS) is 29.1. The summed E-state index contributed by atoms with van der Waals surface area (Å²) in [5.74, 6) is -6.28. The second-order valence-corrected chi connectivity index (χ2v) is 16.6. The Balaban J connectivity index is 1.24. The van der Waals surface area contributed by atoms with Gasteiger partial charge in [-0.1, -0.05) is 29.4 Å². The van der Waals surface area contributed by atoms with Crippen LogP contribution in [0.1, 0.15) is 97.5 Å². The third kappa shape index (κ3) is 4.40. The Hall–Kier alpha value is -6.07. The molecule has 0 fully saturated rings. The topological polar surface area (TPSA) is 164 Å². The Bertz CT molecular complexity index is 2540. The van der Waals surface area contributed by atoms with Crippen molar-refractivity contribution in [3.63, 3.8) is 0 Å². The highest BCUT2D eigenvalue weighted by Crippen LogP contribution is 2.68. The maximum absolute atomic E-state index is 14.8. The van der Waals surface area contributed by atoms with Crippen LogP contribution in [0.15, 0.2) is 84.0 Å². The number of rotatable bonds is 3. The van der Waals surface area contributed by atoms with E-state index in [0.717, 1.165) is 16.7 Å². The number of carbonyl (C=O) groups is 1. The number of hydrogen-bond donors (Lipinski definition) is 5. The van der Waals surface area contributed by atoms with Gasteiger partial charge in [-0.15, -0.1) is 0 Å². The number of aromatic hydroxyl groups is 4. The summed E-state index contributed by atoms with van der Waals surface area (Å²) in [4.78, 5) is 14.8. The largest absolute Gasteiger partial charge is 0.508 e. The van der Waals surface area contributed by atoms with Crippen LogP contribution in [0.25, 0.3) is 6.08 Å². The van der Waals surface area contributed by atoms with Gasteiger partial charge < -0.3 is 49.2 Å². The van der Waals surface area contributed by atoms with E-state index < -0.39 is 46.1 Å². The highest BCUT2D eigenvalue weighted by molar-refractivity contribution is 6.09. The molecule has 5 N–H and O–H groups in total. The Morgan fingerprint density at radius 2 is 1.55 bits per heavy atom. The summed E-state index contributed by atoms with van der Waals surface area (Å²) in [6, 6.07) is 14.1. The predicted molar refractivity (Wildman–Crippen MR) is 203 cm³/mol. The number of phenolic OH excluding ortho intramolecular Hbond substituents is 4. The molecule has 5 heterocycles. The van der Waals surface area contributed by atoms with Crippen LogP contribution < -0.4 is 23.7 Å². The summed E-state index contributed by atoms with van der Waals surface area (Å²) in [5, 5.41) is 57.0. The number of allylic oxidation sites excluding steroid dienone is 3. The molecule has 0 saturated carbocycles. The van der Waals surface area contributed by atoms with Crippen LogP contribution in [0, 0.1) is 5.92 Å². The molecule has 286 valence electrons. The minimum absolute atomic E-state index is 0.00129. The molecule has 11 nitrogen and oxygen atoms in total. The van der Waals surface area contributed by atoms with E-state index in [-0.39, 0.29) is 52.4 Å². The Morgan fingerprint density at radius 3 is 2.32 bits per heavy atom. The molecule has 10 rings (SSSR count). The third-order valence-corrected chi connectivity index (χ3v) is 12.2. The van der Waals surface area contributed by atoms with Crippen molar-refractivity contribution in [2.24, 2.45) is 5.92 Å². The first kappa shape index (κ1) is 34.4. The summed E-state index contributed by atoms with van der Waals surface area (Å²) in [7, 11) is 0. The molecule has 4 aromatic carbocycles. The molecule has 0 aromatic heterocycles. The van der Waals surface area contributed by atoms with Crippen molar-refractivity contribution >= 4 is 11.9 Å². The fourth-order valence-electron chi connectivity index (χ4n) is 9.72. The highest BCUT2D eigenvalue weighted by atomic mass is 16.7. The molecule has 5 aliphatic heterocycles. The molecule has 11 heteroatoms. The van der Waals surface area contributed by atoms with Crippen molar-refractivity contribution < 1.29 is 54.0 Å². The fraction of sp³-hybridized carbons (Fsp3) is 0.311. The van der Waals surface area contributed by atoms with Crippen LogP contribution in [0.4, 0.5) is 0 Å². The predicted octanol–water partition coefficient (Wildman–Crippen LogP) is 8.07. The van der Waals surface area contributed by atoms with Crippen molar-refractivity contribution in [1.29, 1.82) is 0 Å². The third-order valence-electron chi connectivity index (χ3n) is 12.2. The second-order valence-electron chi connectivity index (χ2n) is 16.6. The highest BCUT2D eigenvalue weighted by Gasteiger charge is 2.70. The molecule has 0 amide bonds. The number of phenols is 4. The van der Waals surface area contributed by atoms with E-state index >= 15 is 0 Å². The molecule has 0 bridgehead atoms. The molecule has 1 aliphatic carbocycles. The van der Waals surface area contributed by atoms with Gasteiger partial charge in [-0.05, 0) is 89.1 Å². The van der Waals surface area contributed by atoms with E-state index in [0.29, 0.717) is 40.2 Å². The van der Waals surface area contributed by atoms with Crippen LogP contribution in [0.2, 0.25) is 0 Å². The number of ether oxygens (including phenoxy) is 5. The van der Waals surface area contributed by atoms with Gasteiger partial charge in [0, 0.05) is 47.6 Å². The van der Waals surface area contributed by atoms with E-state index in [9.17, 15) is 30.3 Å². The summed E-state index contributed by atoms with van der Waals surface area (Å²) in [5.41, 5.74) is 1.48. The lowest BCUT2D eigenvalue weighted by Gasteiger charge is -2.55. The molecule has 0 radical (unpaired) electrons. The minimum atomic E-state index is -2.61. The van der Waals surface area contributed by atoms with Crippen molar-refractivity contribution in [2.45, 2.75) is 82.1 Å². The molecule has 6 aliphatic rings. The van der Waals surface area contributed by atoms with Gasteiger partial charge >= 0.3 is 5.79 Å². The van der Waals surface area contributed by atoms with E-state index in [2.05, 4.69) is 0 Å². The minimum Gasteiger partial charge on any atom is -0.508 e. The zero-order valence-corrected chi connectivity index (χ0v) is 31.3. The zero-order valence-electron chi connectivity index (χ0n) is 31.3. The molecule has 56 heavy (non-hydrogen) atoms. The fourth-order valence-corrected chi connectivity index (χ4v) is 9.72. The molecular formula is C45H40O11. The van der Waals surface area contributed by atoms with E-state index in [1.54, 1.807) is 36.4 Å². The summed E-state index contributed by atoms with van der Waals surface area (Å²) in [6.45, 7) is 9.57. The number of carbonyl (C=O) groups excluding carboxylic acids is 1. The standard InChI is InChI=1S/C45H40O11/c1-21(2)12-15-43-29-9-7-24(47)19-33(29)55-45(43,51)41(50)37-35(52-43)20-34-36(39(37)49)28-17-22(3)16-27-25-8-6-23(46)18-32(25)53-44(54-34,38(27)28)30-10-11-31(48)26-13-14-42(4,5)56-40(26)30/h6-14,17-20,27-28,38,46-49,51H,15-16H2,1-5H3. The van der Waals surface area contributed by atoms with Crippen LogP contribution in [0.5, 0.6) is 51.7 Å². The van der Waals surface area contributed by atoms with Crippen LogP contribution in [-0.2, 0) is 11.4 Å². The quantitative estimate of drug-likeness (QED) is 0.128. The van der Waals surface area contributed by atoms with Gasteiger partial charge in [0.15, 0.2) is 0 Å². The number of benzene rings is 4. The lowest BCUT2D eigenvalue weighted by atomic mass is 9.60. The summed E-state index contributed by atoms with van der Waals surface area (Å²) < 4.78 is 33.6. The second kappa shape index (κ2) is 11.0. The Labute approximate surface area is 322 Å². The van der Waals surface area contributed by atoms with E-state index in [1.807, 2.05) is 65.0 Å². The lowest BCUT2D eigenvalue weighted by molar-refractivity contribution is -0.204. The van der Waals surface area contributed by atoms with E-state index in [1.165, 1.54) is 12.1 Å². The molecule has 0 spiro atoms. The van der Waals surface area contributed by atoms with Crippen molar-refractivity contribution in [3.8, 4) is 51.7 Å². The SMILES string of the molecule is CC(C)=CCC12Oc3cc4c(c(O)c3C(=O)C1(O)Oc1cc(O)ccc12)C1C=C(C)CC2c3ccc(O)cc3OC(c3ccc(O)c5c3OC(C)(C)C=C5)(O4)C12. The number of aliphatic hydroxyl groups is 1. The van der Waals surface area contributed by atoms with Gasteiger partial charge in [0.05, 0.1) is 17.0 Å². The van der Waals surface area contributed by atoms with Crippen molar-refractivity contribution in [3.05, 3.63) is 117 Å². The number of hydrogen-bond acceptors (Lipinski definition) is 11. The number of Topliss-reactive ketones (excluding diaryl/α,β-unsaturated/α-hetero) is 1. The van der Waals surface area contributed by atoms with Gasteiger partial charge in [-0.25, -0.2) is 0 Å². The molecule has 4 aromatic rings. The first-order chi connectivity index (χ1) is 26.6. The molecule has 6 unspecified atom stereocenters. The summed E-state index contributed by atoms with van der Waals surface area (Å²) in [6.07, 6.45) is 8.14. The van der Waals surface area contributed by atoms with Crippen molar-refractivity contribution in [1.82, 2.24) is 0 Å². The van der Waals surface area contributed by atoms with Gasteiger partial charge in [-0.3, -0.25) is 4.79 Å². The maximum atomic E-state index is 14.8. The van der Waals surface area contributed by atoms with Gasteiger partial charge in [0.25, 0.3) is 5.79 Å². The average Bonchev–Trinajstić information content (AvgIpc) is 3.37. The lowest BCUT2D eigenvalue weighted by Crippen LogP contribution is -2.62. The molecule has 0 saturated heterocycles. The Kier molecular flexibility index (Phi) is 6.78. The van der Waals surface area contributed by atoms with Crippen LogP contribution in [0.3, 0.4) is 0 Å². The summed E-state index contributed by atoms with van der Waals surface area (Å²) >= 11 is 0. The molecule has 6 atom stereocenters. The number of fused-ring (bicyclic) bond motifs is 9. The maximum Gasteiger partial charge on any atom is 0.318 e. The van der Waals surface area contributed by atoms with Crippen molar-refractivity contribution in [2.75, 3.05) is 0 Å². The smallest absolute Gasteiger partial charge is 0.318 e. The monoisotopic (exact) mass is 756 g/mol. The van der Waals surface area contributed by atoms with Gasteiger partial charge in [0.2, 0.25) is 11.4 Å². The van der Waals surface area contributed by atoms with Crippen LogP contribution >= 0.6 is 0 Å².